The summed E-state index contributed by atoms with van der Waals surface area (Å²) in [5.74, 6) is 1.82. The Balaban J connectivity index is 1.47. The number of nitrogen functional groups attached to an aromatic ring is 1. The number of aryl methyl sites for hydroxylation is 3. The summed E-state index contributed by atoms with van der Waals surface area (Å²) in [5.41, 5.74) is 6.90. The van der Waals surface area contributed by atoms with Crippen LogP contribution in [0.2, 0.25) is 0 Å². The topological polar surface area (TPSA) is 146 Å². The zero-order chi connectivity index (χ0) is 30.8. The van der Waals surface area contributed by atoms with Crippen LogP contribution in [0, 0.1) is 38.2 Å². The van der Waals surface area contributed by atoms with Crippen LogP contribution in [0.4, 0.5) is 15.9 Å². The van der Waals surface area contributed by atoms with Crippen molar-refractivity contribution in [3.05, 3.63) is 40.6 Å². The van der Waals surface area contributed by atoms with E-state index in [0.29, 0.717) is 36.4 Å². The van der Waals surface area contributed by atoms with Crippen molar-refractivity contribution in [3.8, 4) is 18.1 Å². The summed E-state index contributed by atoms with van der Waals surface area (Å²) in [4.78, 5) is 36.9. The van der Waals surface area contributed by atoms with Crippen LogP contribution in [0.25, 0.3) is 0 Å². The van der Waals surface area contributed by atoms with Crippen LogP contribution in [-0.2, 0) is 30.9 Å². The molecule has 11 heteroatoms. The molecule has 0 radical (unpaired) electrons. The van der Waals surface area contributed by atoms with E-state index in [4.69, 9.17) is 26.4 Å². The SMILES string of the molecule is C#C[C@]1(CO)O[C@@H](CC2C=Nc3c(N)nc(F)nc3CC2)C[C@@H]1OC(=O)CC(C)(C)c1c(C)cc(C)cc1OC(C)=O. The van der Waals surface area contributed by atoms with Gasteiger partial charge < -0.3 is 25.1 Å². The van der Waals surface area contributed by atoms with Crippen molar-refractivity contribution in [1.29, 1.82) is 0 Å². The van der Waals surface area contributed by atoms with Crippen molar-refractivity contribution in [3.63, 3.8) is 0 Å². The molecule has 1 unspecified atom stereocenters. The Bertz CT molecular complexity index is 1450. The first-order chi connectivity index (χ1) is 19.8. The van der Waals surface area contributed by atoms with E-state index < -0.39 is 47.8 Å². The van der Waals surface area contributed by atoms with E-state index in [-0.39, 0.29) is 24.6 Å². The van der Waals surface area contributed by atoms with Crippen LogP contribution in [0.15, 0.2) is 17.1 Å². The van der Waals surface area contributed by atoms with Gasteiger partial charge in [-0.25, -0.2) is 4.98 Å². The second-order valence-corrected chi connectivity index (χ2v) is 11.7. The van der Waals surface area contributed by atoms with Gasteiger partial charge in [-0.3, -0.25) is 14.6 Å². The fourth-order valence-electron chi connectivity index (χ4n) is 6.03. The molecule has 2 aliphatic heterocycles. The Labute approximate surface area is 244 Å². The van der Waals surface area contributed by atoms with Crippen LogP contribution < -0.4 is 10.5 Å². The average molecular weight is 581 g/mol. The molecule has 224 valence electrons. The van der Waals surface area contributed by atoms with Crippen molar-refractivity contribution in [2.24, 2.45) is 10.9 Å². The van der Waals surface area contributed by atoms with Crippen molar-refractivity contribution in [2.45, 2.75) is 89.9 Å². The number of halogens is 1. The van der Waals surface area contributed by atoms with Crippen molar-refractivity contribution < 1.29 is 33.3 Å². The zero-order valence-corrected chi connectivity index (χ0v) is 24.6. The van der Waals surface area contributed by atoms with E-state index in [1.54, 1.807) is 12.3 Å². The van der Waals surface area contributed by atoms with Gasteiger partial charge in [0.25, 0.3) is 0 Å². The highest BCUT2D eigenvalue weighted by Crippen LogP contribution is 2.41. The maximum absolute atomic E-state index is 13.7. The monoisotopic (exact) mass is 580 g/mol. The van der Waals surface area contributed by atoms with Crippen molar-refractivity contribution in [1.82, 2.24) is 9.97 Å². The number of carbonyl (C=O) groups excluding carboxylic acids is 2. The minimum Gasteiger partial charge on any atom is -0.458 e. The van der Waals surface area contributed by atoms with Gasteiger partial charge in [-0.1, -0.05) is 25.8 Å². The normalized spacial score (nSPS) is 23.5. The highest BCUT2D eigenvalue weighted by molar-refractivity contribution is 5.74. The summed E-state index contributed by atoms with van der Waals surface area (Å²) in [6, 6.07) is 3.74. The Kier molecular flexibility index (Phi) is 8.99. The van der Waals surface area contributed by atoms with E-state index in [2.05, 4.69) is 20.9 Å². The Morgan fingerprint density at radius 3 is 2.71 bits per heavy atom. The second-order valence-electron chi connectivity index (χ2n) is 11.7. The predicted octanol–water partition coefficient (Wildman–Crippen LogP) is 3.83. The van der Waals surface area contributed by atoms with Crippen LogP contribution >= 0.6 is 0 Å². The van der Waals surface area contributed by atoms with E-state index in [1.165, 1.54) is 6.92 Å². The minimum absolute atomic E-state index is 0.0196. The largest absolute Gasteiger partial charge is 0.458 e. The van der Waals surface area contributed by atoms with Crippen molar-refractivity contribution in [2.75, 3.05) is 12.3 Å². The zero-order valence-electron chi connectivity index (χ0n) is 24.6. The first-order valence-electron chi connectivity index (χ1n) is 13.9. The van der Waals surface area contributed by atoms with Gasteiger partial charge in [0.05, 0.1) is 24.8 Å². The fourth-order valence-corrected chi connectivity index (χ4v) is 6.03. The molecule has 0 amide bonds. The number of carbonyl (C=O) groups is 2. The smallest absolute Gasteiger partial charge is 0.310 e. The Hall–Kier alpha value is -3.88. The van der Waals surface area contributed by atoms with Crippen molar-refractivity contribution >= 4 is 29.7 Å². The van der Waals surface area contributed by atoms with Gasteiger partial charge in [0.1, 0.15) is 17.5 Å². The average Bonchev–Trinajstić information content (AvgIpc) is 3.07. The summed E-state index contributed by atoms with van der Waals surface area (Å²) in [6.07, 6.45) is 7.06. The Morgan fingerprint density at radius 1 is 1.31 bits per heavy atom. The molecule has 1 saturated heterocycles. The molecule has 0 bridgehead atoms. The maximum Gasteiger partial charge on any atom is 0.310 e. The lowest BCUT2D eigenvalue weighted by Crippen LogP contribution is -2.44. The van der Waals surface area contributed by atoms with Gasteiger partial charge in [-0.2, -0.15) is 9.37 Å². The van der Waals surface area contributed by atoms with E-state index in [0.717, 1.165) is 16.7 Å². The number of nitrogens with two attached hydrogens (primary N) is 1. The molecule has 4 atom stereocenters. The number of rotatable bonds is 8. The second kappa shape index (κ2) is 12.2. The highest BCUT2D eigenvalue weighted by atomic mass is 19.1. The number of terminal acetylenes is 1. The Morgan fingerprint density at radius 2 is 2.05 bits per heavy atom. The van der Waals surface area contributed by atoms with Gasteiger partial charge >= 0.3 is 18.0 Å². The lowest BCUT2D eigenvalue weighted by atomic mass is 9.78. The molecule has 2 aromatic rings. The van der Waals surface area contributed by atoms with Gasteiger partial charge in [0, 0.05) is 30.5 Å². The quantitative estimate of drug-likeness (QED) is 0.206. The van der Waals surface area contributed by atoms with E-state index in [9.17, 15) is 19.1 Å². The van der Waals surface area contributed by atoms with Gasteiger partial charge in [0.15, 0.2) is 11.4 Å². The number of aliphatic imine (C=N–C) groups is 1. The minimum atomic E-state index is -1.50. The van der Waals surface area contributed by atoms with Gasteiger partial charge in [-0.05, 0) is 56.2 Å². The van der Waals surface area contributed by atoms with Crippen LogP contribution in [0.5, 0.6) is 5.75 Å². The summed E-state index contributed by atoms with van der Waals surface area (Å²) >= 11 is 0. The molecule has 0 aliphatic carbocycles. The molecule has 4 rings (SSSR count). The molecule has 1 aromatic heterocycles. The summed E-state index contributed by atoms with van der Waals surface area (Å²) in [5, 5.41) is 10.2. The maximum atomic E-state index is 13.7. The van der Waals surface area contributed by atoms with E-state index in [1.807, 2.05) is 33.8 Å². The number of aromatic nitrogens is 2. The van der Waals surface area contributed by atoms with Crippen LogP contribution in [0.3, 0.4) is 0 Å². The van der Waals surface area contributed by atoms with Gasteiger partial charge in [0.2, 0.25) is 0 Å². The number of hydrogen-bond donors (Lipinski definition) is 2. The fraction of sp³-hybridized carbons (Fsp3) is 0.516. The number of hydrogen-bond acceptors (Lipinski definition) is 10. The van der Waals surface area contributed by atoms with Gasteiger partial charge in [-0.15, -0.1) is 6.42 Å². The molecule has 10 nitrogen and oxygen atoms in total. The number of benzene rings is 1. The molecular weight excluding hydrogens is 543 g/mol. The molecule has 3 heterocycles. The first kappa shape index (κ1) is 31.1. The summed E-state index contributed by atoms with van der Waals surface area (Å²) < 4.78 is 31.2. The third-order valence-corrected chi connectivity index (χ3v) is 7.78. The van der Waals surface area contributed by atoms with Crippen LogP contribution in [0.1, 0.15) is 68.8 Å². The molecule has 1 aromatic carbocycles. The summed E-state index contributed by atoms with van der Waals surface area (Å²) in [7, 11) is 0. The molecule has 0 saturated carbocycles. The number of ether oxygens (including phenoxy) is 3. The highest BCUT2D eigenvalue weighted by Gasteiger charge is 2.50. The molecule has 42 heavy (non-hydrogen) atoms. The third kappa shape index (κ3) is 6.61. The lowest BCUT2D eigenvalue weighted by molar-refractivity contribution is -0.159. The molecule has 2 aliphatic rings. The molecule has 0 spiro atoms. The number of esters is 2. The predicted molar refractivity (Wildman–Crippen MR) is 154 cm³/mol. The lowest BCUT2D eigenvalue weighted by Gasteiger charge is -2.31. The number of anilines is 1. The van der Waals surface area contributed by atoms with Crippen LogP contribution in [-0.4, -0.2) is 57.6 Å². The third-order valence-electron chi connectivity index (χ3n) is 7.78. The molecule has 3 N–H and O–H groups in total. The standard InChI is InChI=1S/C31H37FN4O6/c1-7-31(16-37)24(13-21(42-31)12-20-8-9-22-27(34-15-20)28(33)36-29(32)35-22)41-25(39)14-30(5,6)26-18(3)10-17(2)11-23(26)40-19(4)38/h1,10-11,15,20-21,24,37H,8-9,12-14,16H2,2-6H3,(H2,33,35,36)/t20?,21-,24-,31+/m0/s1. The first-order valence-corrected chi connectivity index (χ1v) is 13.9. The van der Waals surface area contributed by atoms with E-state index >= 15 is 0 Å². The molecular formula is C31H37FN4O6. The number of nitrogens with zero attached hydrogens (tertiary/aromatic N) is 3. The number of aliphatic hydroxyl groups excluding tert-OH is 1. The number of fused-ring (bicyclic) bond motifs is 1. The molecule has 1 fully saturated rings. The number of aliphatic hydroxyl groups is 1. The summed E-state index contributed by atoms with van der Waals surface area (Å²) in [6.45, 7) is 8.35.